The van der Waals surface area contributed by atoms with E-state index < -0.39 is 0 Å². The first-order chi connectivity index (χ1) is 9.72. The van der Waals surface area contributed by atoms with Gasteiger partial charge >= 0.3 is 0 Å². The molecule has 0 saturated heterocycles. The van der Waals surface area contributed by atoms with Crippen LogP contribution in [0.1, 0.15) is 6.42 Å². The predicted octanol–water partition coefficient (Wildman–Crippen LogP) is 1.38. The number of aromatic nitrogens is 2. The number of ether oxygens (including phenoxy) is 1. The van der Waals surface area contributed by atoms with Crippen molar-refractivity contribution in [3.05, 3.63) is 36.5 Å². The zero-order valence-electron chi connectivity index (χ0n) is 11.3. The molecular weight excluding hydrogens is 256 g/mol. The summed E-state index contributed by atoms with van der Waals surface area (Å²) >= 11 is 0. The number of methoxy groups -OCH3 is 1. The molecule has 0 bridgehead atoms. The molecular formula is C14H18N4O2. The van der Waals surface area contributed by atoms with Crippen molar-refractivity contribution in [3.63, 3.8) is 0 Å². The zero-order chi connectivity index (χ0) is 14.4. The maximum absolute atomic E-state index is 11.8. The lowest BCUT2D eigenvalue weighted by Crippen LogP contribution is -2.28. The van der Waals surface area contributed by atoms with Crippen molar-refractivity contribution in [1.29, 1.82) is 0 Å². The van der Waals surface area contributed by atoms with Crippen LogP contribution in [0.5, 0.6) is 0 Å². The molecule has 20 heavy (non-hydrogen) atoms. The van der Waals surface area contributed by atoms with Gasteiger partial charge in [0, 0.05) is 25.5 Å². The molecule has 0 saturated carbocycles. The summed E-state index contributed by atoms with van der Waals surface area (Å²) in [5.41, 5.74) is 8.17. The summed E-state index contributed by atoms with van der Waals surface area (Å²) in [4.78, 5) is 11.8. The standard InChI is InChI=1S/C14H18N4O2/c1-20-12(9-15)8-14(19)17-11-4-2-10(3-5-11)13-6-7-16-18-13/h2-7,12H,8-9,15H2,1H3,(H,16,18)(H,17,19). The average molecular weight is 274 g/mol. The molecule has 1 atom stereocenters. The van der Waals surface area contributed by atoms with Gasteiger partial charge in [0.25, 0.3) is 0 Å². The second-order valence-corrected chi connectivity index (χ2v) is 4.39. The Morgan fingerprint density at radius 1 is 1.40 bits per heavy atom. The molecule has 2 aromatic rings. The third-order valence-electron chi connectivity index (χ3n) is 2.99. The number of H-pyrrole nitrogens is 1. The number of carbonyl (C=O) groups is 1. The molecule has 1 unspecified atom stereocenters. The second-order valence-electron chi connectivity index (χ2n) is 4.39. The van der Waals surface area contributed by atoms with Crippen LogP contribution in [0.2, 0.25) is 0 Å². The number of nitrogens with two attached hydrogens (primary N) is 1. The lowest BCUT2D eigenvalue weighted by Gasteiger charge is -2.12. The highest BCUT2D eigenvalue weighted by Crippen LogP contribution is 2.19. The topological polar surface area (TPSA) is 93.0 Å². The first-order valence-corrected chi connectivity index (χ1v) is 6.35. The highest BCUT2D eigenvalue weighted by molar-refractivity contribution is 5.91. The fraction of sp³-hybridized carbons (Fsp3) is 0.286. The number of hydrogen-bond donors (Lipinski definition) is 3. The molecule has 1 amide bonds. The number of nitrogens with zero attached hydrogens (tertiary/aromatic N) is 1. The Balaban J connectivity index is 1.95. The Kier molecular flexibility index (Phi) is 4.86. The van der Waals surface area contributed by atoms with Gasteiger partial charge in [-0.25, -0.2) is 0 Å². The number of anilines is 1. The Labute approximate surface area is 117 Å². The Bertz CT molecular complexity index is 533. The lowest BCUT2D eigenvalue weighted by atomic mass is 10.1. The fourth-order valence-electron chi connectivity index (χ4n) is 1.83. The number of nitrogens with one attached hydrogen (secondary N) is 2. The molecule has 0 spiro atoms. The van der Waals surface area contributed by atoms with Crippen molar-refractivity contribution in [3.8, 4) is 11.3 Å². The predicted molar refractivity (Wildman–Crippen MR) is 77.1 cm³/mol. The lowest BCUT2D eigenvalue weighted by molar-refractivity contribution is -0.118. The van der Waals surface area contributed by atoms with Crippen molar-refractivity contribution in [2.75, 3.05) is 19.0 Å². The molecule has 0 aliphatic carbocycles. The molecule has 4 N–H and O–H groups in total. The van der Waals surface area contributed by atoms with E-state index in [0.717, 1.165) is 16.9 Å². The monoisotopic (exact) mass is 274 g/mol. The number of rotatable bonds is 6. The SMILES string of the molecule is COC(CN)CC(=O)Nc1ccc(-c2ccn[nH]2)cc1. The molecule has 1 heterocycles. The number of amides is 1. The van der Waals surface area contributed by atoms with E-state index >= 15 is 0 Å². The Morgan fingerprint density at radius 3 is 2.70 bits per heavy atom. The van der Waals surface area contributed by atoms with E-state index in [9.17, 15) is 4.79 Å². The van der Waals surface area contributed by atoms with E-state index in [4.69, 9.17) is 10.5 Å². The summed E-state index contributed by atoms with van der Waals surface area (Å²) in [6, 6.07) is 9.41. The normalized spacial score (nSPS) is 12.1. The summed E-state index contributed by atoms with van der Waals surface area (Å²) in [5.74, 6) is -0.114. The van der Waals surface area contributed by atoms with Crippen LogP contribution in [0.4, 0.5) is 5.69 Å². The van der Waals surface area contributed by atoms with Crippen LogP contribution in [0, 0.1) is 0 Å². The molecule has 6 nitrogen and oxygen atoms in total. The highest BCUT2D eigenvalue weighted by Gasteiger charge is 2.11. The summed E-state index contributed by atoms with van der Waals surface area (Å²) in [5, 5.41) is 9.60. The highest BCUT2D eigenvalue weighted by atomic mass is 16.5. The maximum Gasteiger partial charge on any atom is 0.227 e. The van der Waals surface area contributed by atoms with Crippen LogP contribution in [0.25, 0.3) is 11.3 Å². The van der Waals surface area contributed by atoms with Gasteiger partial charge in [0.05, 0.1) is 18.2 Å². The van der Waals surface area contributed by atoms with Crippen molar-refractivity contribution in [2.45, 2.75) is 12.5 Å². The van der Waals surface area contributed by atoms with Gasteiger partial charge in [-0.3, -0.25) is 9.89 Å². The van der Waals surface area contributed by atoms with E-state index in [1.165, 1.54) is 0 Å². The van der Waals surface area contributed by atoms with Crippen LogP contribution in [-0.2, 0) is 9.53 Å². The summed E-state index contributed by atoms with van der Waals surface area (Å²) < 4.78 is 5.08. The van der Waals surface area contributed by atoms with Gasteiger partial charge in [0.1, 0.15) is 0 Å². The first kappa shape index (κ1) is 14.2. The molecule has 0 fully saturated rings. The van der Waals surface area contributed by atoms with Crippen LogP contribution in [0.3, 0.4) is 0 Å². The van der Waals surface area contributed by atoms with Crippen LogP contribution in [0.15, 0.2) is 36.5 Å². The van der Waals surface area contributed by atoms with Gasteiger partial charge in [-0.15, -0.1) is 0 Å². The molecule has 0 aliphatic rings. The van der Waals surface area contributed by atoms with Crippen LogP contribution >= 0.6 is 0 Å². The molecule has 1 aromatic heterocycles. The summed E-state index contributed by atoms with van der Waals surface area (Å²) in [6.07, 6.45) is 1.69. The Hall–Kier alpha value is -2.18. The second kappa shape index (κ2) is 6.83. The van der Waals surface area contributed by atoms with Crippen molar-refractivity contribution < 1.29 is 9.53 Å². The average Bonchev–Trinajstić information content (AvgIpc) is 2.99. The van der Waals surface area contributed by atoms with Gasteiger partial charge in [-0.05, 0) is 23.8 Å². The number of hydrogen-bond acceptors (Lipinski definition) is 4. The third-order valence-corrected chi connectivity index (χ3v) is 2.99. The molecule has 1 aromatic carbocycles. The van der Waals surface area contributed by atoms with Crippen molar-refractivity contribution in [2.24, 2.45) is 5.73 Å². The minimum absolute atomic E-state index is 0.114. The van der Waals surface area contributed by atoms with Crippen molar-refractivity contribution >= 4 is 11.6 Å². The molecule has 0 aliphatic heterocycles. The van der Waals surface area contributed by atoms with E-state index in [2.05, 4.69) is 15.5 Å². The molecule has 2 rings (SSSR count). The molecule has 0 radical (unpaired) electrons. The van der Waals surface area contributed by atoms with Gasteiger partial charge in [0.15, 0.2) is 0 Å². The van der Waals surface area contributed by atoms with Gasteiger partial charge < -0.3 is 15.8 Å². The van der Waals surface area contributed by atoms with Gasteiger partial charge in [-0.1, -0.05) is 12.1 Å². The number of aromatic amines is 1. The largest absolute Gasteiger partial charge is 0.380 e. The van der Waals surface area contributed by atoms with Gasteiger partial charge in [-0.2, -0.15) is 5.10 Å². The third kappa shape index (κ3) is 3.66. The number of benzene rings is 1. The zero-order valence-corrected chi connectivity index (χ0v) is 11.3. The number of carbonyl (C=O) groups excluding carboxylic acids is 1. The van der Waals surface area contributed by atoms with Gasteiger partial charge in [0.2, 0.25) is 5.91 Å². The quantitative estimate of drug-likeness (QED) is 0.742. The smallest absolute Gasteiger partial charge is 0.227 e. The summed E-state index contributed by atoms with van der Waals surface area (Å²) in [7, 11) is 1.55. The summed E-state index contributed by atoms with van der Waals surface area (Å²) in [6.45, 7) is 0.322. The van der Waals surface area contributed by atoms with E-state index in [-0.39, 0.29) is 18.4 Å². The van der Waals surface area contributed by atoms with E-state index in [1.54, 1.807) is 13.3 Å². The minimum atomic E-state index is -0.251. The first-order valence-electron chi connectivity index (χ1n) is 6.35. The van der Waals surface area contributed by atoms with Crippen LogP contribution in [-0.4, -0.2) is 35.9 Å². The van der Waals surface area contributed by atoms with E-state index in [1.807, 2.05) is 30.3 Å². The minimum Gasteiger partial charge on any atom is -0.380 e. The Morgan fingerprint density at radius 2 is 2.15 bits per heavy atom. The molecule has 106 valence electrons. The fourth-order valence-corrected chi connectivity index (χ4v) is 1.83. The maximum atomic E-state index is 11.8. The van der Waals surface area contributed by atoms with Crippen molar-refractivity contribution in [1.82, 2.24) is 10.2 Å². The van der Waals surface area contributed by atoms with Crippen LogP contribution < -0.4 is 11.1 Å². The van der Waals surface area contributed by atoms with E-state index in [0.29, 0.717) is 6.54 Å². The molecule has 6 heteroatoms.